The van der Waals surface area contributed by atoms with E-state index in [2.05, 4.69) is 4.90 Å². The molecule has 132 valence electrons. The van der Waals surface area contributed by atoms with E-state index in [9.17, 15) is 14.0 Å². The third-order valence-corrected chi connectivity index (χ3v) is 4.60. The maximum absolute atomic E-state index is 13.0. The van der Waals surface area contributed by atoms with E-state index in [4.69, 9.17) is 4.42 Å². The second kappa shape index (κ2) is 6.63. The van der Waals surface area contributed by atoms with Crippen LogP contribution in [0.15, 0.2) is 63.8 Å². The summed E-state index contributed by atoms with van der Waals surface area (Å²) in [6.07, 6.45) is 0. The van der Waals surface area contributed by atoms with E-state index in [1.54, 1.807) is 41.3 Å². The number of carbonyl (C=O) groups excluding carboxylic acids is 1. The van der Waals surface area contributed by atoms with Crippen LogP contribution in [0.4, 0.5) is 10.1 Å². The molecule has 5 nitrogen and oxygen atoms in total. The molecule has 3 aromatic rings. The summed E-state index contributed by atoms with van der Waals surface area (Å²) in [5.74, 6) is -0.496. The SMILES string of the molecule is O=C(c1cc(=O)c2ccccc2o1)N1CCN(c2ccc(F)cc2)CC1. The van der Waals surface area contributed by atoms with E-state index in [-0.39, 0.29) is 22.9 Å². The topological polar surface area (TPSA) is 53.8 Å². The van der Waals surface area contributed by atoms with Gasteiger partial charge in [0.2, 0.25) is 0 Å². The Hall–Kier alpha value is -3.15. The number of nitrogens with zero attached hydrogens (tertiary/aromatic N) is 2. The lowest BCUT2D eigenvalue weighted by Gasteiger charge is -2.35. The van der Waals surface area contributed by atoms with Gasteiger partial charge in [-0.05, 0) is 36.4 Å². The maximum Gasteiger partial charge on any atom is 0.289 e. The predicted molar refractivity (Wildman–Crippen MR) is 97.0 cm³/mol. The molecule has 1 saturated heterocycles. The van der Waals surface area contributed by atoms with Crippen LogP contribution in [-0.2, 0) is 0 Å². The molecule has 1 amide bonds. The van der Waals surface area contributed by atoms with Crippen LogP contribution in [-0.4, -0.2) is 37.0 Å². The molecule has 1 aromatic heterocycles. The normalized spacial score (nSPS) is 14.7. The van der Waals surface area contributed by atoms with Crippen LogP contribution in [0.25, 0.3) is 11.0 Å². The van der Waals surface area contributed by atoms with Crippen molar-refractivity contribution in [2.75, 3.05) is 31.1 Å². The van der Waals surface area contributed by atoms with Gasteiger partial charge in [-0.3, -0.25) is 9.59 Å². The third kappa shape index (κ3) is 3.06. The number of fused-ring (bicyclic) bond motifs is 1. The Labute approximate surface area is 149 Å². The molecule has 0 bridgehead atoms. The number of amides is 1. The van der Waals surface area contributed by atoms with Gasteiger partial charge in [0.05, 0.1) is 5.39 Å². The summed E-state index contributed by atoms with van der Waals surface area (Å²) in [5, 5.41) is 0.463. The molecule has 0 saturated carbocycles. The molecule has 0 atom stereocenters. The number of rotatable bonds is 2. The summed E-state index contributed by atoms with van der Waals surface area (Å²) < 4.78 is 18.7. The smallest absolute Gasteiger partial charge is 0.289 e. The van der Waals surface area contributed by atoms with Crippen molar-refractivity contribution in [3.63, 3.8) is 0 Å². The van der Waals surface area contributed by atoms with E-state index < -0.39 is 0 Å². The van der Waals surface area contributed by atoms with Crippen LogP contribution in [0.1, 0.15) is 10.6 Å². The molecule has 0 radical (unpaired) electrons. The molecule has 2 aromatic carbocycles. The number of benzene rings is 2. The van der Waals surface area contributed by atoms with Crippen LogP contribution in [0, 0.1) is 5.82 Å². The zero-order valence-corrected chi connectivity index (χ0v) is 14.0. The van der Waals surface area contributed by atoms with E-state index in [0.717, 1.165) is 5.69 Å². The first kappa shape index (κ1) is 16.3. The molecule has 26 heavy (non-hydrogen) atoms. The van der Waals surface area contributed by atoms with Crippen molar-refractivity contribution in [2.24, 2.45) is 0 Å². The van der Waals surface area contributed by atoms with E-state index in [0.29, 0.717) is 37.1 Å². The average Bonchev–Trinajstić information content (AvgIpc) is 2.68. The zero-order valence-electron chi connectivity index (χ0n) is 14.0. The fourth-order valence-electron chi connectivity index (χ4n) is 3.18. The second-order valence-electron chi connectivity index (χ2n) is 6.23. The molecule has 4 rings (SSSR count). The number of para-hydroxylation sites is 1. The lowest BCUT2D eigenvalue weighted by molar-refractivity contribution is 0.0715. The first-order chi connectivity index (χ1) is 12.6. The highest BCUT2D eigenvalue weighted by Crippen LogP contribution is 2.19. The summed E-state index contributed by atoms with van der Waals surface area (Å²) in [5.41, 5.74) is 1.11. The van der Waals surface area contributed by atoms with Crippen LogP contribution < -0.4 is 10.3 Å². The molecule has 6 heteroatoms. The number of piperazine rings is 1. The Kier molecular flexibility index (Phi) is 4.16. The van der Waals surface area contributed by atoms with Gasteiger partial charge in [-0.1, -0.05) is 12.1 Å². The monoisotopic (exact) mass is 352 g/mol. The molecule has 1 aliphatic heterocycles. The molecular formula is C20H17FN2O3. The van der Waals surface area contributed by atoms with Crippen LogP contribution in [0.2, 0.25) is 0 Å². The molecule has 0 N–H and O–H groups in total. The minimum atomic E-state index is -0.286. The van der Waals surface area contributed by atoms with E-state index in [1.807, 2.05) is 0 Å². The number of carbonyl (C=O) groups is 1. The van der Waals surface area contributed by atoms with Gasteiger partial charge >= 0.3 is 0 Å². The van der Waals surface area contributed by atoms with Crippen molar-refractivity contribution >= 4 is 22.6 Å². The Balaban J connectivity index is 1.50. The molecule has 1 aliphatic rings. The standard InChI is InChI=1S/C20H17FN2O3/c21-14-5-7-15(8-6-14)22-9-11-23(12-10-22)20(25)19-13-17(24)16-3-1-2-4-18(16)26-19/h1-8,13H,9-12H2. The van der Waals surface area contributed by atoms with Crippen LogP contribution in [0.5, 0.6) is 0 Å². The first-order valence-corrected chi connectivity index (χ1v) is 8.44. The highest BCUT2D eigenvalue weighted by molar-refractivity contribution is 5.93. The first-order valence-electron chi connectivity index (χ1n) is 8.44. The van der Waals surface area contributed by atoms with Crippen LogP contribution >= 0.6 is 0 Å². The summed E-state index contributed by atoms with van der Waals surface area (Å²) in [6, 6.07) is 14.5. The lowest BCUT2D eigenvalue weighted by atomic mass is 10.2. The molecule has 2 heterocycles. The number of anilines is 1. The van der Waals surface area contributed by atoms with Gasteiger partial charge in [-0.2, -0.15) is 0 Å². The van der Waals surface area contributed by atoms with Crippen molar-refractivity contribution in [1.82, 2.24) is 4.90 Å². The van der Waals surface area contributed by atoms with Gasteiger partial charge in [0.1, 0.15) is 11.4 Å². The van der Waals surface area contributed by atoms with Gasteiger partial charge in [-0.15, -0.1) is 0 Å². The van der Waals surface area contributed by atoms with E-state index in [1.165, 1.54) is 18.2 Å². The van der Waals surface area contributed by atoms with Gasteiger partial charge in [0.25, 0.3) is 5.91 Å². The van der Waals surface area contributed by atoms with Gasteiger partial charge < -0.3 is 14.2 Å². The molecule has 0 spiro atoms. The molecular weight excluding hydrogens is 335 g/mol. The zero-order chi connectivity index (χ0) is 18.1. The average molecular weight is 352 g/mol. The Bertz CT molecular complexity index is 1010. The quantitative estimate of drug-likeness (QED) is 0.712. The van der Waals surface area contributed by atoms with Crippen LogP contribution in [0.3, 0.4) is 0 Å². The third-order valence-electron chi connectivity index (χ3n) is 4.60. The maximum atomic E-state index is 13.0. The Morgan fingerprint density at radius 3 is 2.38 bits per heavy atom. The highest BCUT2D eigenvalue weighted by atomic mass is 19.1. The summed E-state index contributed by atoms with van der Waals surface area (Å²) in [6.45, 7) is 2.28. The summed E-state index contributed by atoms with van der Waals surface area (Å²) >= 11 is 0. The van der Waals surface area contributed by atoms with Crippen molar-refractivity contribution in [3.8, 4) is 0 Å². The van der Waals surface area contributed by atoms with Gasteiger partial charge in [0.15, 0.2) is 11.2 Å². The second-order valence-corrected chi connectivity index (χ2v) is 6.23. The van der Waals surface area contributed by atoms with Crippen molar-refractivity contribution < 1.29 is 13.6 Å². The molecule has 0 aliphatic carbocycles. The minimum Gasteiger partial charge on any atom is -0.451 e. The number of hydrogen-bond donors (Lipinski definition) is 0. The Morgan fingerprint density at radius 1 is 0.962 bits per heavy atom. The number of hydrogen-bond acceptors (Lipinski definition) is 4. The molecule has 1 fully saturated rings. The number of halogens is 1. The Morgan fingerprint density at radius 2 is 1.65 bits per heavy atom. The molecule has 0 unspecified atom stereocenters. The van der Waals surface area contributed by atoms with E-state index >= 15 is 0 Å². The fourth-order valence-corrected chi connectivity index (χ4v) is 3.18. The van der Waals surface area contributed by atoms with Gasteiger partial charge in [-0.25, -0.2) is 4.39 Å². The van der Waals surface area contributed by atoms with Crippen molar-refractivity contribution in [1.29, 1.82) is 0 Å². The van der Waals surface area contributed by atoms with Crippen molar-refractivity contribution in [2.45, 2.75) is 0 Å². The highest BCUT2D eigenvalue weighted by Gasteiger charge is 2.24. The largest absolute Gasteiger partial charge is 0.451 e. The minimum absolute atomic E-state index is 0.0592. The summed E-state index contributed by atoms with van der Waals surface area (Å²) in [4.78, 5) is 28.7. The van der Waals surface area contributed by atoms with Gasteiger partial charge in [0, 0.05) is 37.9 Å². The van der Waals surface area contributed by atoms with Crippen molar-refractivity contribution in [3.05, 3.63) is 76.4 Å². The predicted octanol–water partition coefficient (Wildman–Crippen LogP) is 2.89. The fraction of sp³-hybridized carbons (Fsp3) is 0.200. The summed E-state index contributed by atoms with van der Waals surface area (Å²) in [7, 11) is 0. The lowest BCUT2D eigenvalue weighted by Crippen LogP contribution is -2.48.